The third-order valence-electron chi connectivity index (χ3n) is 4.16. The fourth-order valence-electron chi connectivity index (χ4n) is 2.67. The zero-order chi connectivity index (χ0) is 20.6. The van der Waals surface area contributed by atoms with E-state index in [1.165, 1.54) is 0 Å². The third-order valence-corrected chi connectivity index (χ3v) is 4.88. The SMILES string of the molecule is CCCN(Cc1nc(-c2ccc(OC)cc2)no1)C(=O)COc1ccc(I)cc1. The summed E-state index contributed by atoms with van der Waals surface area (Å²) in [5, 5.41) is 4.02. The Hall–Kier alpha value is -2.62. The second-order valence-electron chi connectivity index (χ2n) is 6.30. The summed E-state index contributed by atoms with van der Waals surface area (Å²) in [4.78, 5) is 18.7. The molecule has 0 aliphatic heterocycles. The molecule has 1 amide bonds. The van der Waals surface area contributed by atoms with E-state index in [0.717, 1.165) is 21.3 Å². The zero-order valence-electron chi connectivity index (χ0n) is 16.3. The van der Waals surface area contributed by atoms with E-state index in [4.69, 9.17) is 14.0 Å². The van der Waals surface area contributed by atoms with Crippen LogP contribution in [-0.2, 0) is 11.3 Å². The molecule has 0 bridgehead atoms. The van der Waals surface area contributed by atoms with Gasteiger partial charge in [-0.15, -0.1) is 0 Å². The van der Waals surface area contributed by atoms with E-state index in [0.29, 0.717) is 24.0 Å². The number of rotatable bonds is 9. The van der Waals surface area contributed by atoms with Gasteiger partial charge in [0.2, 0.25) is 11.7 Å². The quantitative estimate of drug-likeness (QED) is 0.405. The molecule has 0 aliphatic carbocycles. The van der Waals surface area contributed by atoms with Gasteiger partial charge in [0.15, 0.2) is 6.61 Å². The van der Waals surface area contributed by atoms with E-state index in [1.54, 1.807) is 12.0 Å². The predicted molar refractivity (Wildman–Crippen MR) is 117 cm³/mol. The lowest BCUT2D eigenvalue weighted by Crippen LogP contribution is -2.35. The van der Waals surface area contributed by atoms with Crippen molar-refractivity contribution < 1.29 is 18.8 Å². The average Bonchev–Trinajstić information content (AvgIpc) is 3.21. The molecule has 0 unspecified atom stereocenters. The molecular formula is C21H22IN3O4. The van der Waals surface area contributed by atoms with Gasteiger partial charge in [-0.2, -0.15) is 4.98 Å². The third kappa shape index (κ3) is 5.93. The van der Waals surface area contributed by atoms with E-state index < -0.39 is 0 Å². The van der Waals surface area contributed by atoms with Gasteiger partial charge in [0.05, 0.1) is 7.11 Å². The number of carbonyl (C=O) groups excluding carboxylic acids is 1. The van der Waals surface area contributed by atoms with Crippen molar-refractivity contribution in [2.45, 2.75) is 19.9 Å². The number of amides is 1. The first-order chi connectivity index (χ1) is 14.1. The highest BCUT2D eigenvalue weighted by molar-refractivity contribution is 14.1. The minimum atomic E-state index is -0.130. The Morgan fingerprint density at radius 1 is 1.10 bits per heavy atom. The van der Waals surface area contributed by atoms with Gasteiger partial charge in [0.25, 0.3) is 5.91 Å². The lowest BCUT2D eigenvalue weighted by Gasteiger charge is -2.20. The van der Waals surface area contributed by atoms with Crippen molar-refractivity contribution in [2.24, 2.45) is 0 Å². The fraction of sp³-hybridized carbons (Fsp3) is 0.286. The van der Waals surface area contributed by atoms with Crippen LogP contribution in [0.4, 0.5) is 0 Å². The molecule has 0 saturated heterocycles. The Labute approximate surface area is 183 Å². The average molecular weight is 507 g/mol. The van der Waals surface area contributed by atoms with Crippen LogP contribution >= 0.6 is 22.6 Å². The summed E-state index contributed by atoms with van der Waals surface area (Å²) in [5.74, 6) is 2.14. The number of nitrogens with zero attached hydrogens (tertiary/aromatic N) is 3. The second-order valence-corrected chi connectivity index (χ2v) is 7.54. The van der Waals surface area contributed by atoms with Gasteiger partial charge in [-0.25, -0.2) is 0 Å². The van der Waals surface area contributed by atoms with Gasteiger partial charge in [-0.05, 0) is 77.5 Å². The summed E-state index contributed by atoms with van der Waals surface area (Å²) in [7, 11) is 1.61. The van der Waals surface area contributed by atoms with Crippen LogP contribution in [-0.4, -0.2) is 41.2 Å². The van der Waals surface area contributed by atoms with Crippen LogP contribution in [0.1, 0.15) is 19.2 Å². The van der Waals surface area contributed by atoms with Gasteiger partial charge in [0.1, 0.15) is 18.0 Å². The van der Waals surface area contributed by atoms with Crippen molar-refractivity contribution in [1.82, 2.24) is 15.0 Å². The molecule has 0 spiro atoms. The normalized spacial score (nSPS) is 10.6. The van der Waals surface area contributed by atoms with Crippen molar-refractivity contribution in [1.29, 1.82) is 0 Å². The van der Waals surface area contributed by atoms with Crippen LogP contribution in [0.3, 0.4) is 0 Å². The number of benzene rings is 2. The number of hydrogen-bond donors (Lipinski definition) is 0. The topological polar surface area (TPSA) is 77.7 Å². The summed E-state index contributed by atoms with van der Waals surface area (Å²) in [5.41, 5.74) is 0.816. The van der Waals surface area contributed by atoms with Gasteiger partial charge < -0.3 is 18.9 Å². The molecule has 2 aromatic carbocycles. The van der Waals surface area contributed by atoms with Gasteiger partial charge in [-0.3, -0.25) is 4.79 Å². The summed E-state index contributed by atoms with van der Waals surface area (Å²) < 4.78 is 17.2. The molecule has 0 aliphatic rings. The number of methoxy groups -OCH3 is 1. The molecule has 0 fully saturated rings. The highest BCUT2D eigenvalue weighted by Crippen LogP contribution is 2.20. The Morgan fingerprint density at radius 2 is 1.79 bits per heavy atom. The molecule has 152 valence electrons. The van der Waals surface area contributed by atoms with E-state index in [2.05, 4.69) is 32.7 Å². The van der Waals surface area contributed by atoms with Crippen molar-refractivity contribution in [3.63, 3.8) is 0 Å². The number of carbonyl (C=O) groups is 1. The van der Waals surface area contributed by atoms with Crippen LogP contribution < -0.4 is 9.47 Å². The standard InChI is InChI=1S/C21H22IN3O4/c1-3-12-25(20(26)14-28-18-10-6-16(22)7-11-18)13-19-23-21(24-29-19)15-4-8-17(27-2)9-5-15/h4-11H,3,12-14H2,1-2H3. The van der Waals surface area contributed by atoms with Gasteiger partial charge in [0, 0.05) is 15.7 Å². The Balaban J connectivity index is 1.62. The predicted octanol–water partition coefficient (Wildman–Crippen LogP) is 4.17. The van der Waals surface area contributed by atoms with Gasteiger partial charge >= 0.3 is 0 Å². The summed E-state index contributed by atoms with van der Waals surface area (Å²) in [6.07, 6.45) is 0.814. The molecule has 7 nitrogen and oxygen atoms in total. The monoisotopic (exact) mass is 507 g/mol. The molecule has 29 heavy (non-hydrogen) atoms. The molecule has 1 heterocycles. The first kappa shape index (κ1) is 21.1. The minimum absolute atomic E-state index is 0.0416. The van der Waals surface area contributed by atoms with Crippen LogP contribution in [0.25, 0.3) is 11.4 Å². The number of aromatic nitrogens is 2. The molecule has 0 atom stereocenters. The van der Waals surface area contributed by atoms with Crippen molar-refractivity contribution in [3.8, 4) is 22.9 Å². The molecule has 0 radical (unpaired) electrons. The minimum Gasteiger partial charge on any atom is -0.497 e. The molecule has 0 N–H and O–H groups in total. The zero-order valence-corrected chi connectivity index (χ0v) is 18.5. The lowest BCUT2D eigenvalue weighted by atomic mass is 10.2. The van der Waals surface area contributed by atoms with Crippen molar-refractivity contribution in [2.75, 3.05) is 20.3 Å². The largest absolute Gasteiger partial charge is 0.497 e. The second kappa shape index (κ2) is 10.2. The Kier molecular flexibility index (Phi) is 7.45. The van der Waals surface area contributed by atoms with Crippen LogP contribution in [0.15, 0.2) is 53.1 Å². The van der Waals surface area contributed by atoms with Crippen molar-refractivity contribution >= 4 is 28.5 Å². The molecular weight excluding hydrogens is 485 g/mol. The number of halogens is 1. The van der Waals surface area contributed by atoms with Crippen molar-refractivity contribution in [3.05, 3.63) is 58.0 Å². The maximum atomic E-state index is 12.6. The first-order valence-electron chi connectivity index (χ1n) is 9.22. The van der Waals surface area contributed by atoms with Crippen LogP contribution in [0.5, 0.6) is 11.5 Å². The highest BCUT2D eigenvalue weighted by Gasteiger charge is 2.18. The summed E-state index contributed by atoms with van der Waals surface area (Å²) >= 11 is 2.22. The van der Waals surface area contributed by atoms with E-state index in [1.807, 2.05) is 55.5 Å². The highest BCUT2D eigenvalue weighted by atomic mass is 127. The Morgan fingerprint density at radius 3 is 2.45 bits per heavy atom. The molecule has 3 aromatic rings. The smallest absolute Gasteiger partial charge is 0.260 e. The summed E-state index contributed by atoms with van der Waals surface area (Å²) in [6.45, 7) is 2.79. The fourth-order valence-corrected chi connectivity index (χ4v) is 3.03. The van der Waals surface area contributed by atoms with Crippen LogP contribution in [0.2, 0.25) is 0 Å². The summed E-state index contributed by atoms with van der Waals surface area (Å²) in [6, 6.07) is 14.9. The Bertz CT molecular complexity index is 926. The van der Waals surface area contributed by atoms with E-state index in [9.17, 15) is 4.79 Å². The maximum Gasteiger partial charge on any atom is 0.260 e. The van der Waals surface area contributed by atoms with Crippen LogP contribution in [0, 0.1) is 3.57 Å². The van der Waals surface area contributed by atoms with E-state index >= 15 is 0 Å². The molecule has 8 heteroatoms. The number of ether oxygens (including phenoxy) is 2. The molecule has 3 rings (SSSR count). The number of hydrogen-bond acceptors (Lipinski definition) is 6. The first-order valence-corrected chi connectivity index (χ1v) is 10.3. The molecule has 1 aromatic heterocycles. The maximum absolute atomic E-state index is 12.6. The lowest BCUT2D eigenvalue weighted by molar-refractivity contribution is -0.134. The molecule has 0 saturated carbocycles. The van der Waals surface area contributed by atoms with E-state index in [-0.39, 0.29) is 19.1 Å². The van der Waals surface area contributed by atoms with Gasteiger partial charge in [-0.1, -0.05) is 12.1 Å².